The van der Waals surface area contributed by atoms with Gasteiger partial charge in [0.2, 0.25) is 0 Å². The molecule has 2 unspecified atom stereocenters. The van der Waals surface area contributed by atoms with Gasteiger partial charge >= 0.3 is 0 Å². The summed E-state index contributed by atoms with van der Waals surface area (Å²) in [7, 11) is 2.21. The van der Waals surface area contributed by atoms with Crippen LogP contribution in [0.2, 0.25) is 0 Å². The van der Waals surface area contributed by atoms with Crippen LogP contribution in [0.1, 0.15) is 41.4 Å². The van der Waals surface area contributed by atoms with Crippen LogP contribution in [-0.4, -0.2) is 190 Å². The number of anilines is 2. The summed E-state index contributed by atoms with van der Waals surface area (Å²) in [6, 6.07) is -4.58. The fraction of sp³-hybridized carbons (Fsp3) is 0.471. The number of amides is 6. The van der Waals surface area contributed by atoms with E-state index in [2.05, 4.69) is 21.3 Å². The molecule has 0 aliphatic rings. The Morgan fingerprint density at radius 1 is 0.403 bits per heavy atom. The first-order valence-electron chi connectivity index (χ1n) is 17.5. The number of hydrogen-bond acceptors (Lipinski definition) is 16. The van der Waals surface area contributed by atoms with Crippen molar-refractivity contribution in [2.75, 3.05) is 76.8 Å². The molecule has 0 spiro atoms. The van der Waals surface area contributed by atoms with Crippen LogP contribution in [0.15, 0.2) is 0 Å². The number of rotatable bonds is 21. The smallest absolute Gasteiger partial charge is 0.258 e. The molecule has 0 aromatic heterocycles. The van der Waals surface area contributed by atoms with Crippen LogP contribution in [0, 0.1) is 21.4 Å². The Bertz CT molecular complexity index is 1760. The molecule has 0 fully saturated rings. The maximum atomic E-state index is 14.0. The molecule has 0 aliphatic heterocycles. The van der Waals surface area contributed by atoms with E-state index in [0.717, 1.165) is 23.9 Å². The number of hydrogen-bond donors (Lipinski definition) is 14. The van der Waals surface area contributed by atoms with Gasteiger partial charge in [0.15, 0.2) is 12.2 Å². The van der Waals surface area contributed by atoms with E-state index < -0.39 is 125 Å². The monoisotopic (exact) mass is 1550 g/mol. The van der Waals surface area contributed by atoms with Crippen LogP contribution in [0.5, 0.6) is 0 Å². The van der Waals surface area contributed by atoms with E-state index in [1.54, 1.807) is 136 Å². The maximum absolute atomic E-state index is 14.0. The fourth-order valence-corrected chi connectivity index (χ4v) is 14.9. The first-order valence-corrected chi connectivity index (χ1v) is 24.0. The number of likely N-dealkylation sites (N-methyl/N-ethyl adjacent to an activating group) is 2. The van der Waals surface area contributed by atoms with Crippen LogP contribution in [-0.2, 0) is 9.59 Å². The van der Waals surface area contributed by atoms with Gasteiger partial charge in [0.25, 0.3) is 35.4 Å². The van der Waals surface area contributed by atoms with Crippen LogP contribution in [0.3, 0.4) is 0 Å². The zero-order valence-corrected chi connectivity index (χ0v) is 45.1. The molecule has 6 amide bonds. The van der Waals surface area contributed by atoms with E-state index >= 15 is 0 Å². The Labute approximate surface area is 435 Å². The molecule has 2 aromatic rings. The van der Waals surface area contributed by atoms with Crippen molar-refractivity contribution in [2.24, 2.45) is 0 Å². The van der Waals surface area contributed by atoms with E-state index in [4.69, 9.17) is 0 Å². The Hall–Kier alpha value is -0.760. The summed E-state index contributed by atoms with van der Waals surface area (Å²) in [5.41, 5.74) is -1.30. The summed E-state index contributed by atoms with van der Waals surface area (Å²) in [5.74, 6) is -6.32. The summed E-state index contributed by atoms with van der Waals surface area (Å²) < 4.78 is -0.00264. The minimum Gasteiger partial charge on any atom is -0.394 e. The summed E-state index contributed by atoms with van der Waals surface area (Å²) in [5, 5.41) is 109. The Morgan fingerprint density at radius 3 is 0.742 bits per heavy atom. The van der Waals surface area contributed by atoms with Gasteiger partial charge < -0.3 is 82.1 Å². The van der Waals surface area contributed by atoms with Crippen molar-refractivity contribution in [3.05, 3.63) is 43.7 Å². The minimum atomic E-state index is -2.56. The van der Waals surface area contributed by atoms with Gasteiger partial charge in [-0.15, -0.1) is 0 Å². The zero-order chi connectivity index (χ0) is 47.5. The lowest BCUT2D eigenvalue weighted by atomic mass is 10.0. The number of nitrogens with one attached hydrogen (secondary N) is 4. The molecule has 346 valence electrons. The summed E-state index contributed by atoms with van der Waals surface area (Å²) >= 11 is 10.1. The molecule has 62 heavy (non-hydrogen) atoms. The Balaban J connectivity index is 2.79. The summed E-state index contributed by atoms with van der Waals surface area (Å²) in [4.78, 5) is 84.0. The van der Waals surface area contributed by atoms with E-state index in [1.807, 2.05) is 0 Å². The van der Waals surface area contributed by atoms with Gasteiger partial charge in [-0.1, -0.05) is 0 Å². The van der Waals surface area contributed by atoms with E-state index in [-0.39, 0.29) is 55.0 Å². The number of aliphatic hydroxyl groups is 10. The van der Waals surface area contributed by atoms with Crippen molar-refractivity contribution in [1.29, 1.82) is 0 Å². The number of carbonyl (C=O) groups is 6. The van der Waals surface area contributed by atoms with Crippen molar-refractivity contribution in [2.45, 2.75) is 36.4 Å². The molecule has 22 nitrogen and oxygen atoms in total. The van der Waals surface area contributed by atoms with Crippen molar-refractivity contribution >= 4 is 182 Å². The number of nitrogens with zero attached hydrogens (tertiary/aromatic N) is 2. The molecule has 14 N–H and O–H groups in total. The average molecular weight is 1550 g/mol. The minimum absolute atomic E-state index is 0.00388. The lowest BCUT2D eigenvalue weighted by molar-refractivity contribution is -0.142. The third-order valence-electron chi connectivity index (χ3n) is 8.74. The SMILES string of the molecule is CN(C(=O)C(O)C(O)C(=O)N(C)c1c(I)c(C(=O)NC(CO)CO)c(I)c(C(=O)NC(CO)CO)c1I)c1c(I)c(C(=O)NC(CO)CO)c(I)c(C(=O)NC(CO)CO)c1I. The van der Waals surface area contributed by atoms with Crippen molar-refractivity contribution < 1.29 is 79.8 Å². The lowest BCUT2D eigenvalue weighted by Crippen LogP contribution is -2.51. The van der Waals surface area contributed by atoms with Crippen LogP contribution in [0.25, 0.3) is 0 Å². The maximum Gasteiger partial charge on any atom is 0.258 e. The number of benzene rings is 2. The average Bonchev–Trinajstić information content (AvgIpc) is 3.24. The molecular formula is C34H42I6N6O16. The predicted molar refractivity (Wildman–Crippen MR) is 270 cm³/mol. The van der Waals surface area contributed by atoms with Crippen LogP contribution < -0.4 is 31.1 Å². The Kier molecular flexibility index (Phi) is 24.6. The number of carbonyl (C=O) groups excluding carboxylic acids is 6. The summed E-state index contributed by atoms with van der Waals surface area (Å²) in [6.07, 6.45) is -5.13. The van der Waals surface area contributed by atoms with Crippen molar-refractivity contribution in [3.63, 3.8) is 0 Å². The molecule has 2 atom stereocenters. The normalized spacial score (nSPS) is 12.4. The summed E-state index contributed by atoms with van der Waals surface area (Å²) in [6.45, 7) is -5.41. The second kappa shape index (κ2) is 26.5. The van der Waals surface area contributed by atoms with Gasteiger partial charge in [-0.2, -0.15) is 0 Å². The topological polar surface area (TPSA) is 359 Å². The number of aliphatic hydroxyl groups excluding tert-OH is 10. The highest BCUT2D eigenvalue weighted by molar-refractivity contribution is 14.1. The highest BCUT2D eigenvalue weighted by atomic mass is 127. The van der Waals surface area contributed by atoms with Gasteiger partial charge in [-0.05, 0) is 136 Å². The molecule has 0 saturated carbocycles. The highest BCUT2D eigenvalue weighted by Crippen LogP contribution is 2.40. The van der Waals surface area contributed by atoms with Gasteiger partial charge in [-0.25, -0.2) is 0 Å². The first kappa shape index (κ1) is 57.4. The quantitative estimate of drug-likeness (QED) is 0.0554. The number of halogens is 6. The standard InChI is InChI=1S/C34H42I6N6O16/c1-45(25-21(37)15(29(57)41-11(3-47)4-48)19(35)16(22(25)38)30(58)42-12(5-49)6-50)33(61)27(55)28(56)34(62)46(2)26-23(39)17(31(59)43-13(7-51)8-52)20(36)18(24(26)40)32(60)44-14(9-53)10-54/h11-14,27-28,47-56H,3-10H2,1-2H3,(H,41,57)(H,42,58)(H,43,59)(H,44,60). The van der Waals surface area contributed by atoms with E-state index in [9.17, 15) is 79.8 Å². The Morgan fingerprint density at radius 2 is 0.581 bits per heavy atom. The predicted octanol–water partition coefficient (Wildman–Crippen LogP) is -3.01. The van der Waals surface area contributed by atoms with Crippen LogP contribution >= 0.6 is 136 Å². The lowest BCUT2D eigenvalue weighted by Gasteiger charge is -2.30. The second-order valence-corrected chi connectivity index (χ2v) is 19.4. The molecule has 0 heterocycles. The largest absolute Gasteiger partial charge is 0.394 e. The van der Waals surface area contributed by atoms with Gasteiger partial charge in [0.05, 0.1) is 125 Å². The first-order chi connectivity index (χ1) is 29.1. The molecule has 0 radical (unpaired) electrons. The fourth-order valence-electron chi connectivity index (χ4n) is 5.20. The van der Waals surface area contributed by atoms with Gasteiger partial charge in [-0.3, -0.25) is 28.8 Å². The van der Waals surface area contributed by atoms with Gasteiger partial charge in [0, 0.05) is 21.2 Å². The molecule has 0 aliphatic carbocycles. The highest BCUT2D eigenvalue weighted by Gasteiger charge is 2.40. The molecule has 28 heteroatoms. The van der Waals surface area contributed by atoms with E-state index in [0.29, 0.717) is 0 Å². The zero-order valence-electron chi connectivity index (χ0n) is 32.2. The molecular weight excluding hydrogens is 1510 g/mol. The molecule has 2 aromatic carbocycles. The third kappa shape index (κ3) is 13.2. The third-order valence-corrected chi connectivity index (χ3v) is 15.1. The molecule has 0 bridgehead atoms. The molecule has 0 saturated heterocycles. The van der Waals surface area contributed by atoms with Crippen molar-refractivity contribution in [3.8, 4) is 0 Å². The molecule has 2 rings (SSSR count). The van der Waals surface area contributed by atoms with Gasteiger partial charge in [0.1, 0.15) is 0 Å². The van der Waals surface area contributed by atoms with Crippen molar-refractivity contribution in [1.82, 2.24) is 21.3 Å². The second-order valence-electron chi connectivity index (χ2n) is 12.9. The van der Waals surface area contributed by atoms with E-state index in [1.165, 1.54) is 0 Å². The van der Waals surface area contributed by atoms with Crippen LogP contribution in [0.4, 0.5) is 11.4 Å².